The Morgan fingerprint density at radius 1 is 1.38 bits per heavy atom. The highest BCUT2D eigenvalue weighted by Gasteiger charge is 2.25. The van der Waals surface area contributed by atoms with Gasteiger partial charge < -0.3 is 10.2 Å². The molecule has 1 aromatic heterocycles. The van der Waals surface area contributed by atoms with Crippen molar-refractivity contribution in [3.05, 3.63) is 53.1 Å². The predicted molar refractivity (Wildman–Crippen MR) is 99.1 cm³/mol. The predicted octanol–water partition coefficient (Wildman–Crippen LogP) is 3.42. The molecule has 0 saturated carbocycles. The minimum atomic E-state index is -0.0237. The smallest absolute Gasteiger partial charge is 0.244 e. The van der Waals surface area contributed by atoms with Crippen molar-refractivity contribution >= 4 is 17.2 Å². The molecule has 1 atom stereocenters. The Morgan fingerprint density at radius 2 is 2.17 bits per heavy atom. The molecule has 1 unspecified atom stereocenters. The van der Waals surface area contributed by atoms with Crippen LogP contribution >= 0.6 is 11.3 Å². The summed E-state index contributed by atoms with van der Waals surface area (Å²) < 4.78 is 0. The first-order valence-corrected chi connectivity index (χ1v) is 9.12. The molecule has 1 aliphatic rings. The van der Waals surface area contributed by atoms with Crippen LogP contribution in [-0.2, 0) is 11.2 Å². The van der Waals surface area contributed by atoms with E-state index in [2.05, 4.69) is 17.4 Å². The average Bonchev–Trinajstić information content (AvgIpc) is 3.00. The molecule has 0 saturated heterocycles. The molecule has 0 spiro atoms. The summed E-state index contributed by atoms with van der Waals surface area (Å²) in [5.41, 5.74) is 2.29. The number of benzene rings is 1. The zero-order chi connectivity index (χ0) is 16.9. The van der Waals surface area contributed by atoms with Crippen LogP contribution in [0.2, 0.25) is 0 Å². The molecule has 3 rings (SSSR count). The van der Waals surface area contributed by atoms with Gasteiger partial charge in [-0.2, -0.15) is 0 Å². The number of amides is 1. The van der Waals surface area contributed by atoms with E-state index in [9.17, 15) is 4.79 Å². The van der Waals surface area contributed by atoms with E-state index in [0.717, 1.165) is 42.1 Å². The van der Waals surface area contributed by atoms with Gasteiger partial charge in [0.15, 0.2) is 0 Å². The van der Waals surface area contributed by atoms with Crippen LogP contribution in [0.1, 0.15) is 29.5 Å². The number of thiazole rings is 1. The van der Waals surface area contributed by atoms with Crippen LogP contribution in [0.3, 0.4) is 0 Å². The lowest BCUT2D eigenvalue weighted by molar-refractivity contribution is -0.117. The summed E-state index contributed by atoms with van der Waals surface area (Å²) in [5, 5.41) is 4.19. The molecule has 5 heteroatoms. The fraction of sp³-hybridized carbons (Fsp3) is 0.368. The number of carbonyl (C=O) groups excluding carboxylic acids is 1. The van der Waals surface area contributed by atoms with Gasteiger partial charge in [0.1, 0.15) is 5.01 Å². The van der Waals surface area contributed by atoms with Gasteiger partial charge in [0.05, 0.1) is 16.6 Å². The summed E-state index contributed by atoms with van der Waals surface area (Å²) >= 11 is 1.71. The fourth-order valence-corrected chi connectivity index (χ4v) is 4.05. The van der Waals surface area contributed by atoms with Crippen molar-refractivity contribution in [1.29, 1.82) is 0 Å². The van der Waals surface area contributed by atoms with E-state index in [-0.39, 0.29) is 11.9 Å². The molecule has 2 aromatic rings. The van der Waals surface area contributed by atoms with E-state index < -0.39 is 0 Å². The Balaban J connectivity index is 1.73. The summed E-state index contributed by atoms with van der Waals surface area (Å²) in [6.07, 6.45) is 6.57. The number of fused-ring (bicyclic) bond motifs is 1. The van der Waals surface area contributed by atoms with Crippen LogP contribution in [0.4, 0.5) is 0 Å². The topological polar surface area (TPSA) is 45.2 Å². The normalized spacial score (nSPS) is 17.2. The zero-order valence-corrected chi connectivity index (χ0v) is 15.0. The second-order valence-electron chi connectivity index (χ2n) is 6.31. The van der Waals surface area contributed by atoms with Gasteiger partial charge >= 0.3 is 0 Å². The van der Waals surface area contributed by atoms with Crippen LogP contribution < -0.4 is 5.32 Å². The number of rotatable bonds is 5. The number of aryl methyl sites for hydroxylation is 1. The average molecular weight is 341 g/mol. The van der Waals surface area contributed by atoms with Crippen LogP contribution in [0, 0.1) is 0 Å². The highest BCUT2D eigenvalue weighted by molar-refractivity contribution is 7.15. The maximum absolute atomic E-state index is 12.1. The Bertz CT molecular complexity index is 721. The largest absolute Gasteiger partial charge is 0.345 e. The molecule has 4 nitrogen and oxygen atoms in total. The van der Waals surface area contributed by atoms with Gasteiger partial charge in [0.25, 0.3) is 0 Å². The van der Waals surface area contributed by atoms with E-state index in [1.807, 2.05) is 43.3 Å². The quantitative estimate of drug-likeness (QED) is 0.848. The summed E-state index contributed by atoms with van der Waals surface area (Å²) in [6, 6.07) is 10.3. The number of carbonyl (C=O) groups is 1. The third-order valence-electron chi connectivity index (χ3n) is 4.03. The van der Waals surface area contributed by atoms with E-state index in [1.54, 1.807) is 17.4 Å². The maximum Gasteiger partial charge on any atom is 0.244 e. The molecule has 0 radical (unpaired) electrons. The van der Waals surface area contributed by atoms with Crippen molar-refractivity contribution in [3.8, 4) is 10.6 Å². The van der Waals surface area contributed by atoms with Gasteiger partial charge in [-0.05, 0) is 33.4 Å². The van der Waals surface area contributed by atoms with Crippen molar-refractivity contribution in [1.82, 2.24) is 15.2 Å². The van der Waals surface area contributed by atoms with E-state index in [4.69, 9.17) is 4.98 Å². The molecule has 0 bridgehead atoms. The monoisotopic (exact) mass is 341 g/mol. The Labute approximate surface area is 147 Å². The second-order valence-corrected chi connectivity index (χ2v) is 7.34. The Hall–Kier alpha value is -1.98. The lowest BCUT2D eigenvalue weighted by Crippen LogP contribution is -2.29. The van der Waals surface area contributed by atoms with Crippen molar-refractivity contribution in [2.75, 3.05) is 20.6 Å². The van der Waals surface area contributed by atoms with Gasteiger partial charge in [0, 0.05) is 18.2 Å². The first kappa shape index (κ1) is 16.9. The summed E-state index contributed by atoms with van der Waals surface area (Å²) in [7, 11) is 3.97. The van der Waals surface area contributed by atoms with E-state index in [1.165, 1.54) is 4.88 Å². The standard InChI is InChI=1S/C19H23N3OS/c1-22(2)13-7-12-17(23)20-15-10-6-11-16-18(15)24-19(21-16)14-8-4-3-5-9-14/h3-5,7-9,12,15H,6,10-11,13H2,1-2H3,(H,20,23)/b12-7+. The molecule has 1 amide bonds. The second kappa shape index (κ2) is 7.73. The number of likely N-dealkylation sites (N-methyl/N-ethyl adjacent to an activating group) is 1. The summed E-state index contributed by atoms with van der Waals surface area (Å²) in [4.78, 5) is 20.2. The maximum atomic E-state index is 12.1. The summed E-state index contributed by atoms with van der Waals surface area (Å²) in [5.74, 6) is -0.0237. The zero-order valence-electron chi connectivity index (χ0n) is 14.2. The lowest BCUT2D eigenvalue weighted by Gasteiger charge is -2.21. The minimum Gasteiger partial charge on any atom is -0.345 e. The summed E-state index contributed by atoms with van der Waals surface area (Å²) in [6.45, 7) is 0.766. The van der Waals surface area contributed by atoms with Crippen LogP contribution in [0.25, 0.3) is 10.6 Å². The number of hydrogen-bond acceptors (Lipinski definition) is 4. The molecular formula is C19H23N3OS. The van der Waals surface area contributed by atoms with Crippen LogP contribution in [0.15, 0.2) is 42.5 Å². The fourth-order valence-electron chi connectivity index (χ4n) is 2.85. The van der Waals surface area contributed by atoms with E-state index >= 15 is 0 Å². The van der Waals surface area contributed by atoms with Gasteiger partial charge in [-0.25, -0.2) is 4.98 Å². The van der Waals surface area contributed by atoms with Gasteiger partial charge in [-0.15, -0.1) is 11.3 Å². The highest BCUT2D eigenvalue weighted by atomic mass is 32.1. The van der Waals surface area contributed by atoms with Crippen molar-refractivity contribution in [2.24, 2.45) is 0 Å². The van der Waals surface area contributed by atoms with E-state index in [0.29, 0.717) is 0 Å². The molecule has 126 valence electrons. The van der Waals surface area contributed by atoms with Crippen LogP contribution in [-0.4, -0.2) is 36.4 Å². The molecule has 1 aliphatic carbocycles. The van der Waals surface area contributed by atoms with Gasteiger partial charge in [-0.1, -0.05) is 36.4 Å². The van der Waals surface area contributed by atoms with Crippen molar-refractivity contribution in [3.63, 3.8) is 0 Å². The lowest BCUT2D eigenvalue weighted by atomic mass is 9.98. The van der Waals surface area contributed by atoms with Crippen LogP contribution in [0.5, 0.6) is 0 Å². The SMILES string of the molecule is CN(C)C/C=C/C(=O)NC1CCCc2nc(-c3ccccc3)sc21. The molecule has 0 aliphatic heterocycles. The number of nitrogens with one attached hydrogen (secondary N) is 1. The van der Waals surface area contributed by atoms with Gasteiger partial charge in [-0.3, -0.25) is 4.79 Å². The van der Waals surface area contributed by atoms with Gasteiger partial charge in [0.2, 0.25) is 5.91 Å². The first-order valence-electron chi connectivity index (χ1n) is 8.30. The first-order chi connectivity index (χ1) is 11.6. The molecule has 1 heterocycles. The molecule has 1 N–H and O–H groups in total. The molecule has 1 aromatic carbocycles. The third-order valence-corrected chi connectivity index (χ3v) is 5.29. The Morgan fingerprint density at radius 3 is 2.92 bits per heavy atom. The van der Waals surface area contributed by atoms with Crippen molar-refractivity contribution < 1.29 is 4.79 Å². The Kier molecular flexibility index (Phi) is 5.43. The highest BCUT2D eigenvalue weighted by Crippen LogP contribution is 2.37. The molecular weight excluding hydrogens is 318 g/mol. The third kappa shape index (κ3) is 4.10. The number of aromatic nitrogens is 1. The number of nitrogens with zero attached hydrogens (tertiary/aromatic N) is 2. The molecule has 0 fully saturated rings. The number of hydrogen-bond donors (Lipinski definition) is 1. The van der Waals surface area contributed by atoms with Crippen molar-refractivity contribution in [2.45, 2.75) is 25.3 Å². The molecule has 24 heavy (non-hydrogen) atoms. The minimum absolute atomic E-state index is 0.0237.